The topological polar surface area (TPSA) is 173 Å². The minimum absolute atomic E-state index is 0.935. The Morgan fingerprint density at radius 2 is 0.833 bits per heavy atom. The van der Waals surface area contributed by atoms with Gasteiger partial charge in [-0.1, -0.05) is 33.6 Å². The molecule has 0 amide bonds. The fourth-order valence-electron chi connectivity index (χ4n) is 0.289. The van der Waals surface area contributed by atoms with Crippen molar-refractivity contribution in [3.8, 4) is 0 Å². The Kier molecular flexibility index (Phi) is 28.0. The third-order valence-electron chi connectivity index (χ3n) is 1.39. The highest BCUT2D eigenvalue weighted by atomic mass is 16.6. The third kappa shape index (κ3) is 692. The van der Waals surface area contributed by atoms with Crippen LogP contribution in [0, 0.1) is 5.92 Å². The van der Waals surface area contributed by atoms with Gasteiger partial charge in [0.05, 0.1) is 0 Å². The summed E-state index contributed by atoms with van der Waals surface area (Å²) < 4.78 is 0. The molecule has 0 aliphatic carbocycles. The van der Waals surface area contributed by atoms with Crippen LogP contribution in [0.3, 0.4) is 0 Å². The fraction of sp³-hybridized carbons (Fsp3) is 0.667. The predicted molar refractivity (Wildman–Crippen MR) is 61.7 cm³/mol. The van der Waals surface area contributed by atoms with Crippen molar-refractivity contribution in [2.75, 3.05) is 0 Å². The van der Waals surface area contributed by atoms with Gasteiger partial charge in [-0.3, -0.25) is 0 Å². The van der Waals surface area contributed by atoms with Gasteiger partial charge in [-0.05, 0) is 5.92 Å². The zero-order valence-corrected chi connectivity index (χ0v) is 10.4. The fourth-order valence-corrected chi connectivity index (χ4v) is 0.289. The first kappa shape index (κ1) is 24.9. The van der Waals surface area contributed by atoms with Gasteiger partial charge in [-0.15, -0.1) is 0 Å². The van der Waals surface area contributed by atoms with Crippen molar-refractivity contribution in [3.63, 3.8) is 0 Å². The Bertz CT molecular complexity index is 170. The Morgan fingerprint density at radius 3 is 0.833 bits per heavy atom. The van der Waals surface area contributed by atoms with E-state index in [4.69, 9.17) is 45.0 Å². The Hall–Kier alpha value is -2.19. The molecule has 9 heteroatoms. The second kappa shape index (κ2) is 20.3. The largest absolute Gasteiger partial charge is 0.503 e. The van der Waals surface area contributed by atoms with E-state index in [1.165, 1.54) is 12.8 Å². The molecule has 110 valence electrons. The molecule has 0 spiro atoms. The summed E-state index contributed by atoms with van der Waals surface area (Å²) >= 11 is 0. The monoisotopic (exact) mass is 272 g/mol. The lowest BCUT2D eigenvalue weighted by atomic mass is 10.1. The molecule has 0 radical (unpaired) electrons. The summed E-state index contributed by atoms with van der Waals surface area (Å²) in [6.07, 6.45) is -2.84. The minimum atomic E-state index is -1.83. The Morgan fingerprint density at radius 1 is 0.722 bits per heavy atom. The van der Waals surface area contributed by atoms with Gasteiger partial charge in [0.15, 0.2) is 0 Å². The smallest absolute Gasteiger partial charge is 0.450 e. The van der Waals surface area contributed by atoms with E-state index in [-0.39, 0.29) is 0 Å². The van der Waals surface area contributed by atoms with E-state index in [0.29, 0.717) is 0 Å². The normalized spacial score (nSPS) is 7.33. The summed E-state index contributed by atoms with van der Waals surface area (Å²) in [6.45, 7) is 6.74. The molecule has 0 heterocycles. The molecule has 0 fully saturated rings. The number of hydrogen-bond donors (Lipinski definition) is 6. The van der Waals surface area contributed by atoms with Gasteiger partial charge in [0, 0.05) is 0 Å². The molecule has 18 heavy (non-hydrogen) atoms. The Balaban J connectivity index is -0.0000000742. The first-order valence-electron chi connectivity index (χ1n) is 4.76. The van der Waals surface area contributed by atoms with E-state index in [0.717, 1.165) is 5.92 Å². The summed E-state index contributed by atoms with van der Waals surface area (Å²) in [7, 11) is 0. The molecule has 0 bridgehead atoms. The van der Waals surface area contributed by atoms with Crippen molar-refractivity contribution in [1.82, 2.24) is 0 Å². The molecule has 0 atom stereocenters. The highest BCUT2D eigenvalue weighted by molar-refractivity contribution is 5.53. The van der Waals surface area contributed by atoms with Gasteiger partial charge in [-0.25, -0.2) is 14.4 Å². The zero-order chi connectivity index (χ0) is 15.7. The molecule has 9 nitrogen and oxygen atoms in total. The van der Waals surface area contributed by atoms with E-state index in [1.807, 2.05) is 0 Å². The third-order valence-corrected chi connectivity index (χ3v) is 1.39. The van der Waals surface area contributed by atoms with Crippen LogP contribution in [0.5, 0.6) is 0 Å². The summed E-state index contributed by atoms with van der Waals surface area (Å²) in [6, 6.07) is 0. The predicted octanol–water partition coefficient (Wildman–Crippen LogP) is 3.11. The molecule has 0 rings (SSSR count). The van der Waals surface area contributed by atoms with Crippen molar-refractivity contribution in [1.29, 1.82) is 0 Å². The van der Waals surface area contributed by atoms with Crippen LogP contribution in [0.1, 0.15) is 33.6 Å². The highest BCUT2D eigenvalue weighted by Gasteiger charge is 1.88. The first-order chi connectivity index (χ1) is 8.00. The van der Waals surface area contributed by atoms with Crippen LogP contribution in [0.4, 0.5) is 14.4 Å². The van der Waals surface area contributed by atoms with E-state index < -0.39 is 18.5 Å². The molecule has 0 aliphatic rings. The van der Waals surface area contributed by atoms with Gasteiger partial charge < -0.3 is 30.6 Å². The minimum Gasteiger partial charge on any atom is -0.450 e. The average Bonchev–Trinajstić information content (AvgIpc) is 2.13. The summed E-state index contributed by atoms with van der Waals surface area (Å²) in [5, 5.41) is 41.8. The van der Waals surface area contributed by atoms with Gasteiger partial charge in [0.1, 0.15) is 0 Å². The van der Waals surface area contributed by atoms with Crippen LogP contribution in [0.25, 0.3) is 0 Å². The highest BCUT2D eigenvalue weighted by Crippen LogP contribution is 2.02. The summed E-state index contributed by atoms with van der Waals surface area (Å²) in [5.41, 5.74) is 0. The first-order valence-corrected chi connectivity index (χ1v) is 4.76. The van der Waals surface area contributed by atoms with Crippen LogP contribution in [-0.4, -0.2) is 49.1 Å². The van der Waals surface area contributed by atoms with Crippen LogP contribution in [0.2, 0.25) is 0 Å². The SMILES string of the molecule is CCC(C)CC.O=C(O)O.O=C(O)O.O=C(O)O. The molecule has 0 aromatic carbocycles. The number of carbonyl (C=O) groups is 3. The van der Waals surface area contributed by atoms with E-state index in [2.05, 4.69) is 20.8 Å². The van der Waals surface area contributed by atoms with Gasteiger partial charge in [-0.2, -0.15) is 0 Å². The molecule has 0 aliphatic heterocycles. The molecule has 0 saturated carbocycles. The molecular weight excluding hydrogens is 252 g/mol. The lowest BCUT2D eigenvalue weighted by Crippen LogP contribution is -1.85. The van der Waals surface area contributed by atoms with Gasteiger partial charge >= 0.3 is 18.5 Å². The van der Waals surface area contributed by atoms with E-state index >= 15 is 0 Å². The maximum absolute atomic E-state index is 8.56. The maximum Gasteiger partial charge on any atom is 0.503 e. The van der Waals surface area contributed by atoms with Crippen molar-refractivity contribution in [2.45, 2.75) is 33.6 Å². The summed E-state index contributed by atoms with van der Waals surface area (Å²) in [4.78, 5) is 25.7. The van der Waals surface area contributed by atoms with Crippen molar-refractivity contribution < 1.29 is 45.0 Å². The molecule has 0 saturated heterocycles. The van der Waals surface area contributed by atoms with E-state index in [9.17, 15) is 0 Å². The number of rotatable bonds is 2. The van der Waals surface area contributed by atoms with Crippen LogP contribution in [-0.2, 0) is 0 Å². The average molecular weight is 272 g/mol. The van der Waals surface area contributed by atoms with Crippen LogP contribution in [0.15, 0.2) is 0 Å². The Labute approximate surface area is 104 Å². The van der Waals surface area contributed by atoms with Crippen molar-refractivity contribution in [3.05, 3.63) is 0 Å². The lowest BCUT2D eigenvalue weighted by Gasteiger charge is -1.98. The van der Waals surface area contributed by atoms with Crippen molar-refractivity contribution in [2.24, 2.45) is 5.92 Å². The van der Waals surface area contributed by atoms with Crippen LogP contribution >= 0.6 is 0 Å². The molecule has 0 aromatic rings. The zero-order valence-electron chi connectivity index (χ0n) is 10.4. The van der Waals surface area contributed by atoms with Gasteiger partial charge in [0.25, 0.3) is 0 Å². The maximum atomic E-state index is 8.56. The molecule has 6 N–H and O–H groups in total. The second-order valence-corrected chi connectivity index (χ2v) is 2.77. The number of hydrogen-bond acceptors (Lipinski definition) is 3. The quantitative estimate of drug-likeness (QED) is 0.441. The second-order valence-electron chi connectivity index (χ2n) is 2.77. The van der Waals surface area contributed by atoms with Crippen LogP contribution < -0.4 is 0 Å². The summed E-state index contributed by atoms with van der Waals surface area (Å²) in [5.74, 6) is 0.935. The standard InChI is InChI=1S/C6H14.3CH2O3/c1-4-6(3)5-2;3*2-1(3)4/h6H,4-5H2,1-3H3;3*(H2,2,3,4). The molecule has 0 unspecified atom stereocenters. The van der Waals surface area contributed by atoms with Gasteiger partial charge in [0.2, 0.25) is 0 Å². The molecule has 0 aromatic heterocycles. The lowest BCUT2D eigenvalue weighted by molar-refractivity contribution is 0.135. The number of carboxylic acid groups (broad SMARTS) is 6. The van der Waals surface area contributed by atoms with E-state index in [1.54, 1.807) is 0 Å². The molecular formula is C9H20O9. The van der Waals surface area contributed by atoms with Crippen molar-refractivity contribution >= 4 is 18.5 Å².